The van der Waals surface area contributed by atoms with Crippen LogP contribution in [0.15, 0.2) is 47.7 Å². The molecule has 7 nitrogen and oxygen atoms in total. The van der Waals surface area contributed by atoms with Gasteiger partial charge in [0.2, 0.25) is 0 Å². The number of guanidine groups is 1. The molecule has 0 saturated carbocycles. The van der Waals surface area contributed by atoms with Crippen LogP contribution in [0, 0.1) is 0 Å². The van der Waals surface area contributed by atoms with Crippen molar-refractivity contribution < 1.29 is 9.47 Å². The number of benzene rings is 1. The van der Waals surface area contributed by atoms with Gasteiger partial charge >= 0.3 is 0 Å². The zero-order valence-corrected chi connectivity index (χ0v) is 14.9. The van der Waals surface area contributed by atoms with Crippen molar-refractivity contribution in [2.24, 2.45) is 4.99 Å². The standard InChI is InChI=1S/C18H27N5O2/c1-19-18(20-9-11-25-13-12-24-2)21-14-16-6-3-4-7-17(16)15-23-10-5-8-22-23/h3-8,10H,9,11-15H2,1-2H3,(H2,19,20,21). The van der Waals surface area contributed by atoms with Crippen LogP contribution in [0.1, 0.15) is 11.1 Å². The van der Waals surface area contributed by atoms with Crippen LogP contribution in [0.4, 0.5) is 0 Å². The highest BCUT2D eigenvalue weighted by molar-refractivity contribution is 5.79. The first-order chi connectivity index (χ1) is 12.3. The summed E-state index contributed by atoms with van der Waals surface area (Å²) in [7, 11) is 3.42. The van der Waals surface area contributed by atoms with Gasteiger partial charge in [-0.3, -0.25) is 9.67 Å². The van der Waals surface area contributed by atoms with Crippen molar-refractivity contribution >= 4 is 5.96 Å². The van der Waals surface area contributed by atoms with Crippen molar-refractivity contribution in [3.8, 4) is 0 Å². The number of aliphatic imine (C=N–C) groups is 1. The molecule has 0 atom stereocenters. The first kappa shape index (κ1) is 19.0. The van der Waals surface area contributed by atoms with Crippen LogP contribution in [0.5, 0.6) is 0 Å². The van der Waals surface area contributed by atoms with Crippen molar-refractivity contribution in [2.45, 2.75) is 13.1 Å². The predicted molar refractivity (Wildman–Crippen MR) is 98.7 cm³/mol. The molecular formula is C18H27N5O2. The molecule has 7 heteroatoms. The van der Waals surface area contributed by atoms with Crippen LogP contribution >= 0.6 is 0 Å². The predicted octanol–water partition coefficient (Wildman–Crippen LogP) is 1.26. The van der Waals surface area contributed by atoms with Gasteiger partial charge in [0.05, 0.1) is 26.4 Å². The number of nitrogens with zero attached hydrogens (tertiary/aromatic N) is 3. The van der Waals surface area contributed by atoms with Gasteiger partial charge in [-0.05, 0) is 17.2 Å². The molecule has 2 aromatic rings. The molecule has 0 bridgehead atoms. The summed E-state index contributed by atoms with van der Waals surface area (Å²) < 4.78 is 12.3. The molecule has 0 spiro atoms. The summed E-state index contributed by atoms with van der Waals surface area (Å²) in [5.74, 6) is 0.754. The summed E-state index contributed by atoms with van der Waals surface area (Å²) in [5.41, 5.74) is 2.45. The van der Waals surface area contributed by atoms with E-state index in [9.17, 15) is 0 Å². The molecule has 1 aromatic heterocycles. The molecular weight excluding hydrogens is 318 g/mol. The molecule has 0 fully saturated rings. The molecule has 0 unspecified atom stereocenters. The fourth-order valence-corrected chi connectivity index (χ4v) is 2.34. The summed E-state index contributed by atoms with van der Waals surface area (Å²) in [4.78, 5) is 4.24. The third-order valence-electron chi connectivity index (χ3n) is 3.65. The molecule has 0 aliphatic carbocycles. The molecule has 0 amide bonds. The second-order valence-corrected chi connectivity index (χ2v) is 5.43. The molecule has 25 heavy (non-hydrogen) atoms. The number of methoxy groups -OCH3 is 1. The van der Waals surface area contributed by atoms with E-state index in [0.717, 1.165) is 12.5 Å². The highest BCUT2D eigenvalue weighted by Gasteiger charge is 2.04. The van der Waals surface area contributed by atoms with E-state index in [1.54, 1.807) is 20.4 Å². The highest BCUT2D eigenvalue weighted by Crippen LogP contribution is 2.10. The van der Waals surface area contributed by atoms with Crippen molar-refractivity contribution in [3.05, 3.63) is 53.9 Å². The number of hydrogen-bond acceptors (Lipinski definition) is 4. The Bertz CT molecular complexity index is 628. The highest BCUT2D eigenvalue weighted by atomic mass is 16.5. The topological polar surface area (TPSA) is 72.7 Å². The van der Waals surface area contributed by atoms with Crippen molar-refractivity contribution in [2.75, 3.05) is 40.5 Å². The summed E-state index contributed by atoms with van der Waals surface area (Å²) in [6, 6.07) is 10.3. The average molecular weight is 345 g/mol. The Balaban J connectivity index is 1.79. The van der Waals surface area contributed by atoms with E-state index in [0.29, 0.717) is 32.9 Å². The maximum absolute atomic E-state index is 5.43. The van der Waals surface area contributed by atoms with Crippen molar-refractivity contribution in [1.82, 2.24) is 20.4 Å². The molecule has 1 aromatic carbocycles. The monoisotopic (exact) mass is 345 g/mol. The van der Waals surface area contributed by atoms with Gasteiger partial charge in [-0.15, -0.1) is 0 Å². The molecule has 0 saturated heterocycles. The van der Waals surface area contributed by atoms with Gasteiger partial charge in [0.1, 0.15) is 0 Å². The zero-order chi connectivity index (χ0) is 17.7. The van der Waals surface area contributed by atoms with E-state index in [1.807, 2.05) is 29.1 Å². The Morgan fingerprint density at radius 3 is 2.68 bits per heavy atom. The van der Waals surface area contributed by atoms with E-state index in [2.05, 4.69) is 32.9 Å². The minimum atomic E-state index is 0.602. The largest absolute Gasteiger partial charge is 0.382 e. The first-order valence-electron chi connectivity index (χ1n) is 8.39. The van der Waals surface area contributed by atoms with Gasteiger partial charge in [0, 0.05) is 39.6 Å². The third-order valence-corrected chi connectivity index (χ3v) is 3.65. The Kier molecular flexibility index (Phi) is 8.51. The van der Waals surface area contributed by atoms with Crippen LogP contribution in [0.2, 0.25) is 0 Å². The number of nitrogens with one attached hydrogen (secondary N) is 2. The van der Waals surface area contributed by atoms with Crippen LogP contribution < -0.4 is 10.6 Å². The third kappa shape index (κ3) is 6.94. The first-order valence-corrected chi connectivity index (χ1v) is 8.39. The fourth-order valence-electron chi connectivity index (χ4n) is 2.34. The Hall–Kier alpha value is -2.38. The van der Waals surface area contributed by atoms with Gasteiger partial charge in [0.15, 0.2) is 5.96 Å². The van der Waals surface area contributed by atoms with E-state index in [-0.39, 0.29) is 0 Å². The zero-order valence-electron chi connectivity index (χ0n) is 14.9. The number of rotatable bonds is 10. The van der Waals surface area contributed by atoms with Crippen LogP contribution in [0.3, 0.4) is 0 Å². The summed E-state index contributed by atoms with van der Waals surface area (Å²) >= 11 is 0. The molecule has 0 aliphatic rings. The van der Waals surface area contributed by atoms with E-state index in [1.165, 1.54) is 11.1 Å². The van der Waals surface area contributed by atoms with Crippen LogP contribution in [-0.2, 0) is 22.6 Å². The number of aromatic nitrogens is 2. The van der Waals surface area contributed by atoms with Gasteiger partial charge in [-0.2, -0.15) is 5.10 Å². The SMILES string of the molecule is CN=C(NCCOCCOC)NCc1ccccc1Cn1cccn1. The minimum absolute atomic E-state index is 0.602. The van der Waals surface area contributed by atoms with Crippen molar-refractivity contribution in [1.29, 1.82) is 0 Å². The second kappa shape index (κ2) is 11.2. The molecule has 136 valence electrons. The maximum Gasteiger partial charge on any atom is 0.191 e. The van der Waals surface area contributed by atoms with Crippen molar-refractivity contribution in [3.63, 3.8) is 0 Å². The van der Waals surface area contributed by atoms with Gasteiger partial charge < -0.3 is 20.1 Å². The molecule has 1 heterocycles. The van der Waals surface area contributed by atoms with E-state index in [4.69, 9.17) is 9.47 Å². The Morgan fingerprint density at radius 1 is 1.12 bits per heavy atom. The molecule has 2 rings (SSSR count). The second-order valence-electron chi connectivity index (χ2n) is 5.43. The fraction of sp³-hybridized carbons (Fsp3) is 0.444. The van der Waals surface area contributed by atoms with E-state index < -0.39 is 0 Å². The van der Waals surface area contributed by atoms with E-state index >= 15 is 0 Å². The molecule has 2 N–H and O–H groups in total. The summed E-state index contributed by atoms with van der Waals surface area (Å²) in [6.45, 7) is 3.97. The van der Waals surface area contributed by atoms with Gasteiger partial charge in [-0.1, -0.05) is 24.3 Å². The molecule has 0 aliphatic heterocycles. The normalized spacial score (nSPS) is 11.5. The Morgan fingerprint density at radius 2 is 1.96 bits per heavy atom. The van der Waals surface area contributed by atoms with Gasteiger partial charge in [-0.25, -0.2) is 0 Å². The smallest absolute Gasteiger partial charge is 0.191 e. The number of ether oxygens (including phenoxy) is 2. The van der Waals surface area contributed by atoms with Crippen LogP contribution in [0.25, 0.3) is 0 Å². The number of hydrogen-bond donors (Lipinski definition) is 2. The molecule has 0 radical (unpaired) electrons. The minimum Gasteiger partial charge on any atom is -0.382 e. The van der Waals surface area contributed by atoms with Gasteiger partial charge in [0.25, 0.3) is 0 Å². The lowest BCUT2D eigenvalue weighted by Crippen LogP contribution is -2.38. The maximum atomic E-state index is 5.43. The average Bonchev–Trinajstić information content (AvgIpc) is 3.15. The summed E-state index contributed by atoms with van der Waals surface area (Å²) in [5, 5.41) is 10.8. The van der Waals surface area contributed by atoms with Crippen LogP contribution in [-0.4, -0.2) is 56.3 Å². The lowest BCUT2D eigenvalue weighted by atomic mass is 10.1. The lowest BCUT2D eigenvalue weighted by Gasteiger charge is -2.14. The summed E-state index contributed by atoms with van der Waals surface area (Å²) in [6.07, 6.45) is 3.76. The Labute approximate surface area is 149 Å². The quantitative estimate of drug-likeness (QED) is 0.385. The lowest BCUT2D eigenvalue weighted by molar-refractivity contribution is 0.0733.